The van der Waals surface area contributed by atoms with Gasteiger partial charge in [-0.3, -0.25) is 0 Å². The van der Waals surface area contributed by atoms with Crippen LogP contribution in [0.25, 0.3) is 11.1 Å². The second-order valence-corrected chi connectivity index (χ2v) is 6.70. The van der Waals surface area contributed by atoms with Gasteiger partial charge in [0.15, 0.2) is 0 Å². The third-order valence-corrected chi connectivity index (χ3v) is 5.08. The Bertz CT molecular complexity index is 827. The molecule has 2 nitrogen and oxygen atoms in total. The normalized spacial score (nSPS) is 13.7. The van der Waals surface area contributed by atoms with Crippen molar-refractivity contribution >= 4 is 0 Å². The summed E-state index contributed by atoms with van der Waals surface area (Å²) in [5.41, 5.74) is 8.30. The Balaban J connectivity index is 1.48. The second-order valence-electron chi connectivity index (χ2n) is 6.70. The predicted molar refractivity (Wildman–Crippen MR) is 100 cm³/mol. The van der Waals surface area contributed by atoms with E-state index in [1.54, 1.807) is 0 Å². The van der Waals surface area contributed by atoms with Crippen molar-refractivity contribution in [1.29, 1.82) is 0 Å². The topological polar surface area (TPSA) is 17.0 Å². The molecule has 1 N–H and O–H groups in total. The molecule has 24 heavy (non-hydrogen) atoms. The van der Waals surface area contributed by atoms with Crippen LogP contribution >= 0.6 is 0 Å². The van der Waals surface area contributed by atoms with Gasteiger partial charge >= 0.3 is 0 Å². The standard InChI is InChI=1S/C22H24N2/c1-17-3-2-13-24(17)14-11-18-4-6-19(7-5-18)21-9-8-20-10-12-23-16-22(20)15-21/h2-9,13,15,23H,10-12,14,16H2,1H3. The number of rotatable bonds is 4. The Kier molecular flexibility index (Phi) is 4.22. The summed E-state index contributed by atoms with van der Waals surface area (Å²) in [5.74, 6) is 0. The van der Waals surface area contributed by atoms with E-state index in [0.717, 1.165) is 32.5 Å². The molecule has 122 valence electrons. The Hall–Kier alpha value is -2.32. The number of fused-ring (bicyclic) bond motifs is 1. The Morgan fingerprint density at radius 2 is 1.79 bits per heavy atom. The number of hydrogen-bond acceptors (Lipinski definition) is 1. The summed E-state index contributed by atoms with van der Waals surface area (Å²) < 4.78 is 2.31. The SMILES string of the molecule is Cc1cccn1CCc1ccc(-c2ccc3c(c2)CNCC3)cc1. The maximum Gasteiger partial charge on any atom is 0.0262 e. The molecule has 4 rings (SSSR count). The molecule has 0 spiro atoms. The first kappa shape index (κ1) is 15.2. The molecule has 0 aliphatic carbocycles. The van der Waals surface area contributed by atoms with Gasteiger partial charge in [-0.25, -0.2) is 0 Å². The molecule has 2 aromatic carbocycles. The molecular weight excluding hydrogens is 292 g/mol. The average molecular weight is 316 g/mol. The van der Waals surface area contributed by atoms with Crippen LogP contribution in [0.5, 0.6) is 0 Å². The summed E-state index contributed by atoms with van der Waals surface area (Å²) in [6, 6.07) is 20.2. The molecule has 2 heterocycles. The van der Waals surface area contributed by atoms with Crippen LogP contribution in [0.4, 0.5) is 0 Å². The number of benzene rings is 2. The van der Waals surface area contributed by atoms with Gasteiger partial charge < -0.3 is 9.88 Å². The van der Waals surface area contributed by atoms with Gasteiger partial charge in [-0.1, -0.05) is 36.4 Å². The Labute approximate surface area is 144 Å². The highest BCUT2D eigenvalue weighted by molar-refractivity contribution is 5.65. The van der Waals surface area contributed by atoms with Crippen LogP contribution < -0.4 is 5.32 Å². The predicted octanol–water partition coefficient (Wildman–Crippen LogP) is 4.35. The van der Waals surface area contributed by atoms with Crippen LogP contribution in [-0.2, 0) is 25.9 Å². The van der Waals surface area contributed by atoms with E-state index >= 15 is 0 Å². The largest absolute Gasteiger partial charge is 0.351 e. The van der Waals surface area contributed by atoms with Crippen LogP contribution in [0.2, 0.25) is 0 Å². The Morgan fingerprint density at radius 3 is 2.58 bits per heavy atom. The van der Waals surface area contributed by atoms with Crippen molar-refractivity contribution in [1.82, 2.24) is 9.88 Å². The Morgan fingerprint density at radius 1 is 0.958 bits per heavy atom. The number of nitrogens with zero attached hydrogens (tertiary/aromatic N) is 1. The fourth-order valence-corrected chi connectivity index (χ4v) is 3.52. The molecule has 0 amide bonds. The zero-order valence-corrected chi connectivity index (χ0v) is 14.3. The molecule has 0 fully saturated rings. The zero-order chi connectivity index (χ0) is 16.4. The smallest absolute Gasteiger partial charge is 0.0262 e. The molecule has 0 saturated carbocycles. The lowest BCUT2D eigenvalue weighted by Crippen LogP contribution is -2.23. The quantitative estimate of drug-likeness (QED) is 0.757. The summed E-state index contributed by atoms with van der Waals surface area (Å²) in [4.78, 5) is 0. The fourth-order valence-electron chi connectivity index (χ4n) is 3.52. The highest BCUT2D eigenvalue weighted by Crippen LogP contribution is 2.25. The van der Waals surface area contributed by atoms with Gasteiger partial charge in [0, 0.05) is 25.0 Å². The van der Waals surface area contributed by atoms with Gasteiger partial charge in [0.05, 0.1) is 0 Å². The molecule has 1 aliphatic rings. The van der Waals surface area contributed by atoms with Crippen LogP contribution in [0.3, 0.4) is 0 Å². The van der Waals surface area contributed by atoms with Gasteiger partial charge in [-0.2, -0.15) is 0 Å². The van der Waals surface area contributed by atoms with Crippen LogP contribution in [0.15, 0.2) is 60.8 Å². The maximum atomic E-state index is 3.46. The van der Waals surface area contributed by atoms with E-state index in [-0.39, 0.29) is 0 Å². The number of hydrogen-bond donors (Lipinski definition) is 1. The minimum Gasteiger partial charge on any atom is -0.351 e. The van der Waals surface area contributed by atoms with Crippen molar-refractivity contribution in [3.05, 3.63) is 83.2 Å². The summed E-state index contributed by atoms with van der Waals surface area (Å²) in [7, 11) is 0. The molecule has 0 radical (unpaired) electrons. The molecule has 0 saturated heterocycles. The number of nitrogens with one attached hydrogen (secondary N) is 1. The first-order chi connectivity index (χ1) is 11.8. The molecule has 0 unspecified atom stereocenters. The van der Waals surface area contributed by atoms with Crippen molar-refractivity contribution in [3.8, 4) is 11.1 Å². The van der Waals surface area contributed by atoms with Crippen molar-refractivity contribution in [2.24, 2.45) is 0 Å². The van der Waals surface area contributed by atoms with E-state index in [2.05, 4.69) is 77.6 Å². The third kappa shape index (κ3) is 3.15. The first-order valence-electron chi connectivity index (χ1n) is 8.83. The van der Waals surface area contributed by atoms with Crippen molar-refractivity contribution < 1.29 is 0 Å². The number of aryl methyl sites for hydroxylation is 3. The van der Waals surface area contributed by atoms with Crippen molar-refractivity contribution in [2.45, 2.75) is 32.9 Å². The second kappa shape index (κ2) is 6.66. The van der Waals surface area contributed by atoms with Crippen molar-refractivity contribution in [3.63, 3.8) is 0 Å². The van der Waals surface area contributed by atoms with Crippen LogP contribution in [0, 0.1) is 6.92 Å². The lowest BCUT2D eigenvalue weighted by atomic mass is 9.95. The van der Waals surface area contributed by atoms with E-state index in [1.807, 2.05) is 0 Å². The van der Waals surface area contributed by atoms with Gasteiger partial charge in [-0.05, 0) is 72.3 Å². The highest BCUT2D eigenvalue weighted by atomic mass is 14.9. The molecule has 2 heteroatoms. The van der Waals surface area contributed by atoms with Gasteiger partial charge in [0.25, 0.3) is 0 Å². The first-order valence-corrected chi connectivity index (χ1v) is 8.83. The van der Waals surface area contributed by atoms with Crippen molar-refractivity contribution in [2.75, 3.05) is 6.54 Å². The monoisotopic (exact) mass is 316 g/mol. The summed E-state index contributed by atoms with van der Waals surface area (Å²) in [5, 5.41) is 3.46. The van der Waals surface area contributed by atoms with E-state index in [4.69, 9.17) is 0 Å². The molecular formula is C22H24N2. The minimum atomic E-state index is 0.997. The van der Waals surface area contributed by atoms with Crippen LogP contribution in [0.1, 0.15) is 22.4 Å². The van der Waals surface area contributed by atoms with E-state index in [9.17, 15) is 0 Å². The van der Waals surface area contributed by atoms with E-state index < -0.39 is 0 Å². The minimum absolute atomic E-state index is 0.997. The number of aromatic nitrogens is 1. The molecule has 0 bridgehead atoms. The van der Waals surface area contributed by atoms with E-state index in [1.165, 1.54) is 33.5 Å². The molecule has 3 aromatic rings. The maximum absolute atomic E-state index is 3.46. The molecule has 1 aliphatic heterocycles. The molecule has 1 aromatic heterocycles. The van der Waals surface area contributed by atoms with Gasteiger partial charge in [0.2, 0.25) is 0 Å². The van der Waals surface area contributed by atoms with Gasteiger partial charge in [-0.15, -0.1) is 0 Å². The molecule has 0 atom stereocenters. The zero-order valence-electron chi connectivity index (χ0n) is 14.3. The summed E-state index contributed by atoms with van der Waals surface area (Å²) >= 11 is 0. The van der Waals surface area contributed by atoms with Crippen LogP contribution in [-0.4, -0.2) is 11.1 Å². The summed E-state index contributed by atoms with van der Waals surface area (Å²) in [6.45, 7) is 5.30. The third-order valence-electron chi connectivity index (χ3n) is 5.08. The lowest BCUT2D eigenvalue weighted by Gasteiger charge is -2.18. The van der Waals surface area contributed by atoms with Gasteiger partial charge in [0.1, 0.15) is 0 Å². The fraction of sp³-hybridized carbons (Fsp3) is 0.273. The average Bonchev–Trinajstić information content (AvgIpc) is 3.05. The summed E-state index contributed by atoms with van der Waals surface area (Å²) in [6.07, 6.45) is 4.38. The van der Waals surface area contributed by atoms with E-state index in [0.29, 0.717) is 0 Å². The highest BCUT2D eigenvalue weighted by Gasteiger charge is 2.09. The lowest BCUT2D eigenvalue weighted by molar-refractivity contribution is 0.644.